The molecule has 20 heavy (non-hydrogen) atoms. The van der Waals surface area contributed by atoms with E-state index in [1.807, 2.05) is 6.07 Å². The summed E-state index contributed by atoms with van der Waals surface area (Å²) in [5.74, 6) is 0.0517. The summed E-state index contributed by atoms with van der Waals surface area (Å²) in [7, 11) is -3.20. The Balaban J connectivity index is 1.76. The maximum Gasteiger partial charge on any atom is 0.160 e. The van der Waals surface area contributed by atoms with Gasteiger partial charge in [-0.2, -0.15) is 0 Å². The second-order valence-corrected chi connectivity index (χ2v) is 8.25. The average Bonchev–Trinajstić information content (AvgIpc) is 2.85. The van der Waals surface area contributed by atoms with E-state index in [1.54, 1.807) is 0 Å². The lowest BCUT2D eigenvalue weighted by molar-refractivity contribution is -0.118. The van der Waals surface area contributed by atoms with Gasteiger partial charge in [0.25, 0.3) is 0 Å². The number of rotatable bonds is 3. The summed E-state index contributed by atoms with van der Waals surface area (Å²) in [5, 5.41) is -0.760. The molecular formula is C16H20O3S. The van der Waals surface area contributed by atoms with Gasteiger partial charge in [-0.1, -0.05) is 24.6 Å². The van der Waals surface area contributed by atoms with Gasteiger partial charge in [0, 0.05) is 6.42 Å². The quantitative estimate of drug-likeness (QED) is 0.858. The molecule has 1 aliphatic heterocycles. The fourth-order valence-electron chi connectivity index (χ4n) is 3.37. The Morgan fingerprint density at radius 3 is 2.70 bits per heavy atom. The molecule has 1 aromatic rings. The van der Waals surface area contributed by atoms with Crippen molar-refractivity contribution in [3.63, 3.8) is 0 Å². The molecule has 0 radical (unpaired) electrons. The summed E-state index contributed by atoms with van der Waals surface area (Å²) < 4.78 is 24.0. The van der Waals surface area contributed by atoms with Crippen LogP contribution in [-0.4, -0.2) is 25.2 Å². The van der Waals surface area contributed by atoms with Gasteiger partial charge in [-0.25, -0.2) is 8.42 Å². The first-order chi connectivity index (χ1) is 9.56. The SMILES string of the molecule is O=C(Cc1ccc2c(c1)CCC2)C1CCCCS1(=O)=O. The third-order valence-corrected chi connectivity index (χ3v) is 6.70. The molecule has 0 spiro atoms. The first-order valence-corrected chi connectivity index (χ1v) is 9.13. The minimum absolute atomic E-state index is 0.123. The van der Waals surface area contributed by atoms with E-state index in [9.17, 15) is 13.2 Å². The van der Waals surface area contributed by atoms with Crippen LogP contribution in [0.3, 0.4) is 0 Å². The van der Waals surface area contributed by atoms with E-state index >= 15 is 0 Å². The van der Waals surface area contributed by atoms with Crippen molar-refractivity contribution in [1.82, 2.24) is 0 Å². The zero-order chi connectivity index (χ0) is 14.2. The largest absolute Gasteiger partial charge is 0.298 e. The Bertz CT molecular complexity index is 631. The number of carbonyl (C=O) groups is 1. The highest BCUT2D eigenvalue weighted by Gasteiger charge is 2.34. The van der Waals surface area contributed by atoms with E-state index < -0.39 is 15.1 Å². The maximum absolute atomic E-state index is 12.3. The van der Waals surface area contributed by atoms with Gasteiger partial charge in [0.05, 0.1) is 5.75 Å². The number of carbonyl (C=O) groups excluding carboxylic acids is 1. The van der Waals surface area contributed by atoms with Crippen LogP contribution < -0.4 is 0 Å². The van der Waals surface area contributed by atoms with Crippen molar-refractivity contribution in [1.29, 1.82) is 0 Å². The number of Topliss-reactive ketones (excluding diaryl/α,β-unsaturated/α-hetero) is 1. The summed E-state index contributed by atoms with van der Waals surface area (Å²) in [6.07, 6.45) is 5.71. The smallest absolute Gasteiger partial charge is 0.160 e. The van der Waals surface area contributed by atoms with Gasteiger partial charge in [0.2, 0.25) is 0 Å². The van der Waals surface area contributed by atoms with Crippen LogP contribution in [0.25, 0.3) is 0 Å². The molecule has 4 heteroatoms. The zero-order valence-corrected chi connectivity index (χ0v) is 12.4. The van der Waals surface area contributed by atoms with Crippen LogP contribution in [0, 0.1) is 0 Å². The molecular weight excluding hydrogens is 272 g/mol. The molecule has 1 heterocycles. The molecule has 1 saturated heterocycles. The highest BCUT2D eigenvalue weighted by Crippen LogP contribution is 2.25. The van der Waals surface area contributed by atoms with Gasteiger partial charge in [-0.15, -0.1) is 0 Å². The van der Waals surface area contributed by atoms with Crippen LogP contribution >= 0.6 is 0 Å². The van der Waals surface area contributed by atoms with Crippen LogP contribution in [0.15, 0.2) is 18.2 Å². The zero-order valence-electron chi connectivity index (χ0n) is 11.6. The number of hydrogen-bond acceptors (Lipinski definition) is 3. The fraction of sp³-hybridized carbons (Fsp3) is 0.562. The van der Waals surface area contributed by atoms with Crippen LogP contribution in [-0.2, 0) is 33.9 Å². The second-order valence-electron chi connectivity index (χ2n) is 5.95. The first-order valence-electron chi connectivity index (χ1n) is 7.41. The Kier molecular flexibility index (Phi) is 3.67. The van der Waals surface area contributed by atoms with Crippen molar-refractivity contribution in [2.24, 2.45) is 0 Å². The van der Waals surface area contributed by atoms with Crippen LogP contribution in [0.1, 0.15) is 42.4 Å². The van der Waals surface area contributed by atoms with E-state index in [0.717, 1.165) is 24.8 Å². The van der Waals surface area contributed by atoms with Crippen molar-refractivity contribution in [3.8, 4) is 0 Å². The Labute approximate surface area is 120 Å². The molecule has 0 amide bonds. The molecule has 1 fully saturated rings. The summed E-state index contributed by atoms with van der Waals surface area (Å²) >= 11 is 0. The molecule has 1 unspecified atom stereocenters. The van der Waals surface area contributed by atoms with Gasteiger partial charge in [-0.3, -0.25) is 4.79 Å². The third-order valence-electron chi connectivity index (χ3n) is 4.48. The number of benzene rings is 1. The third kappa shape index (κ3) is 2.66. The molecule has 1 atom stereocenters. The highest BCUT2D eigenvalue weighted by atomic mass is 32.2. The minimum Gasteiger partial charge on any atom is -0.298 e. The molecule has 2 aliphatic rings. The number of hydrogen-bond donors (Lipinski definition) is 0. The average molecular weight is 292 g/mol. The maximum atomic E-state index is 12.3. The van der Waals surface area contributed by atoms with E-state index in [2.05, 4.69) is 12.1 Å². The summed E-state index contributed by atoms with van der Waals surface area (Å²) in [4.78, 5) is 12.3. The fourth-order valence-corrected chi connectivity index (χ4v) is 5.27. The molecule has 108 valence electrons. The van der Waals surface area contributed by atoms with Gasteiger partial charge in [0.15, 0.2) is 15.6 Å². The molecule has 0 N–H and O–H groups in total. The lowest BCUT2D eigenvalue weighted by atomic mass is 10.00. The van der Waals surface area contributed by atoms with Crippen molar-refractivity contribution in [3.05, 3.63) is 34.9 Å². The number of aryl methyl sites for hydroxylation is 2. The first kappa shape index (κ1) is 13.8. The molecule has 0 aromatic heterocycles. The normalized spacial score (nSPS) is 24.3. The van der Waals surface area contributed by atoms with Crippen LogP contribution in [0.4, 0.5) is 0 Å². The van der Waals surface area contributed by atoms with E-state index in [1.165, 1.54) is 17.5 Å². The Morgan fingerprint density at radius 2 is 1.90 bits per heavy atom. The molecule has 1 aliphatic carbocycles. The lowest BCUT2D eigenvalue weighted by Gasteiger charge is -2.21. The number of fused-ring (bicyclic) bond motifs is 1. The van der Waals surface area contributed by atoms with Crippen molar-refractivity contribution in [2.45, 2.75) is 50.2 Å². The Hall–Kier alpha value is -1.16. The number of ketones is 1. The minimum atomic E-state index is -3.20. The highest BCUT2D eigenvalue weighted by molar-refractivity contribution is 7.92. The predicted octanol–water partition coefficient (Wildman–Crippen LogP) is 2.25. The van der Waals surface area contributed by atoms with E-state index in [0.29, 0.717) is 12.8 Å². The second kappa shape index (κ2) is 5.32. The van der Waals surface area contributed by atoms with Gasteiger partial charge in [-0.05, 0) is 48.8 Å². The molecule has 0 saturated carbocycles. The van der Waals surface area contributed by atoms with Gasteiger partial charge in [0.1, 0.15) is 5.25 Å². The van der Waals surface area contributed by atoms with Crippen molar-refractivity contribution in [2.75, 3.05) is 5.75 Å². The van der Waals surface area contributed by atoms with Crippen LogP contribution in [0.5, 0.6) is 0 Å². The molecule has 3 rings (SSSR count). The molecule has 1 aromatic carbocycles. The van der Waals surface area contributed by atoms with Crippen molar-refractivity contribution >= 4 is 15.6 Å². The standard InChI is InChI=1S/C16H20O3S/c17-15(16-6-1-2-9-20(16,18)19)11-12-7-8-13-4-3-5-14(13)10-12/h7-8,10,16H,1-6,9,11H2. The van der Waals surface area contributed by atoms with Crippen molar-refractivity contribution < 1.29 is 13.2 Å². The van der Waals surface area contributed by atoms with Crippen LogP contribution in [0.2, 0.25) is 0 Å². The summed E-state index contributed by atoms with van der Waals surface area (Å²) in [5.41, 5.74) is 3.68. The summed E-state index contributed by atoms with van der Waals surface area (Å²) in [6, 6.07) is 6.17. The molecule has 0 bridgehead atoms. The summed E-state index contributed by atoms with van der Waals surface area (Å²) in [6.45, 7) is 0. The molecule has 3 nitrogen and oxygen atoms in total. The predicted molar refractivity (Wildman–Crippen MR) is 78.6 cm³/mol. The Morgan fingerprint density at radius 1 is 1.10 bits per heavy atom. The van der Waals surface area contributed by atoms with Gasteiger partial charge >= 0.3 is 0 Å². The topological polar surface area (TPSA) is 51.2 Å². The van der Waals surface area contributed by atoms with Gasteiger partial charge < -0.3 is 0 Å². The monoisotopic (exact) mass is 292 g/mol. The van der Waals surface area contributed by atoms with E-state index in [4.69, 9.17) is 0 Å². The lowest BCUT2D eigenvalue weighted by Crippen LogP contribution is -2.36. The van der Waals surface area contributed by atoms with E-state index in [-0.39, 0.29) is 18.0 Å². The number of sulfone groups is 1.